The average molecular weight is 352 g/mol. The maximum absolute atomic E-state index is 12.4. The SMILES string of the molecule is COc1ccc2cc(COC(=O)C(=O)c3c(C)nn(C)c3C)ccc2c1. The highest BCUT2D eigenvalue weighted by Crippen LogP contribution is 2.22. The van der Waals surface area contributed by atoms with E-state index in [0.717, 1.165) is 22.1 Å². The molecule has 0 aliphatic carbocycles. The van der Waals surface area contributed by atoms with Crippen LogP contribution in [0.25, 0.3) is 10.8 Å². The number of aromatic nitrogens is 2. The van der Waals surface area contributed by atoms with E-state index in [2.05, 4.69) is 5.10 Å². The minimum Gasteiger partial charge on any atom is -0.497 e. The number of methoxy groups -OCH3 is 1. The Labute approximate surface area is 151 Å². The van der Waals surface area contributed by atoms with Crippen LogP contribution in [-0.2, 0) is 23.2 Å². The van der Waals surface area contributed by atoms with Crippen molar-refractivity contribution in [2.45, 2.75) is 20.5 Å². The third-order valence-corrected chi connectivity index (χ3v) is 4.40. The van der Waals surface area contributed by atoms with E-state index in [1.54, 1.807) is 32.7 Å². The number of hydrogen-bond acceptors (Lipinski definition) is 5. The molecule has 0 unspecified atom stereocenters. The molecule has 6 nitrogen and oxygen atoms in total. The summed E-state index contributed by atoms with van der Waals surface area (Å²) < 4.78 is 12.0. The Morgan fingerprint density at radius 1 is 1.08 bits per heavy atom. The van der Waals surface area contributed by atoms with Gasteiger partial charge in [0.1, 0.15) is 12.4 Å². The molecule has 0 saturated heterocycles. The van der Waals surface area contributed by atoms with Gasteiger partial charge in [-0.1, -0.05) is 18.2 Å². The molecule has 0 fully saturated rings. The van der Waals surface area contributed by atoms with Gasteiger partial charge in [-0.2, -0.15) is 5.10 Å². The van der Waals surface area contributed by atoms with Gasteiger partial charge in [-0.25, -0.2) is 4.79 Å². The summed E-state index contributed by atoms with van der Waals surface area (Å²) in [5.41, 5.74) is 2.28. The molecule has 1 aromatic heterocycles. The Bertz CT molecular complexity index is 1000. The Kier molecular flexibility index (Phi) is 4.75. The number of hydrogen-bond donors (Lipinski definition) is 0. The lowest BCUT2D eigenvalue weighted by Gasteiger charge is -2.07. The van der Waals surface area contributed by atoms with Gasteiger partial charge in [-0.15, -0.1) is 0 Å². The maximum atomic E-state index is 12.4. The second-order valence-corrected chi connectivity index (χ2v) is 6.12. The zero-order valence-electron chi connectivity index (χ0n) is 15.2. The van der Waals surface area contributed by atoms with E-state index in [-0.39, 0.29) is 6.61 Å². The highest BCUT2D eigenvalue weighted by atomic mass is 16.5. The first kappa shape index (κ1) is 17.7. The van der Waals surface area contributed by atoms with Gasteiger partial charge in [-0.05, 0) is 48.4 Å². The summed E-state index contributed by atoms with van der Waals surface area (Å²) in [7, 11) is 3.35. The molecule has 134 valence electrons. The number of nitrogens with zero attached hydrogens (tertiary/aromatic N) is 2. The molecule has 0 aliphatic heterocycles. The number of ether oxygens (including phenoxy) is 2. The van der Waals surface area contributed by atoms with E-state index in [1.165, 1.54) is 0 Å². The Morgan fingerprint density at radius 2 is 1.77 bits per heavy atom. The molecule has 2 aromatic carbocycles. The van der Waals surface area contributed by atoms with Crippen LogP contribution in [0.4, 0.5) is 0 Å². The smallest absolute Gasteiger partial charge is 0.380 e. The lowest BCUT2D eigenvalue weighted by Crippen LogP contribution is -2.19. The van der Waals surface area contributed by atoms with Crippen molar-refractivity contribution in [2.24, 2.45) is 7.05 Å². The monoisotopic (exact) mass is 352 g/mol. The zero-order valence-corrected chi connectivity index (χ0v) is 15.2. The van der Waals surface area contributed by atoms with Crippen LogP contribution in [0.2, 0.25) is 0 Å². The van der Waals surface area contributed by atoms with Crippen LogP contribution >= 0.6 is 0 Å². The minimum atomic E-state index is -0.876. The molecule has 3 aromatic rings. The van der Waals surface area contributed by atoms with E-state index >= 15 is 0 Å². The number of esters is 1. The summed E-state index contributed by atoms with van der Waals surface area (Å²) in [6.07, 6.45) is 0. The number of aryl methyl sites for hydroxylation is 2. The molecule has 0 aliphatic rings. The normalized spacial score (nSPS) is 10.8. The number of rotatable bonds is 5. The maximum Gasteiger partial charge on any atom is 0.380 e. The molecule has 0 saturated carbocycles. The van der Waals surface area contributed by atoms with Crippen molar-refractivity contribution in [1.82, 2.24) is 9.78 Å². The number of carbonyl (C=O) groups excluding carboxylic acids is 2. The lowest BCUT2D eigenvalue weighted by molar-refractivity contribution is -0.139. The highest BCUT2D eigenvalue weighted by Gasteiger charge is 2.25. The molecule has 0 radical (unpaired) electrons. The highest BCUT2D eigenvalue weighted by molar-refractivity contribution is 6.41. The lowest BCUT2D eigenvalue weighted by atomic mass is 10.1. The fraction of sp³-hybridized carbons (Fsp3) is 0.250. The van der Waals surface area contributed by atoms with Gasteiger partial charge in [0.15, 0.2) is 0 Å². The van der Waals surface area contributed by atoms with Crippen molar-refractivity contribution in [3.05, 3.63) is 58.9 Å². The van der Waals surface area contributed by atoms with Gasteiger partial charge >= 0.3 is 5.97 Å². The van der Waals surface area contributed by atoms with Crippen LogP contribution in [0.15, 0.2) is 36.4 Å². The second-order valence-electron chi connectivity index (χ2n) is 6.12. The molecule has 26 heavy (non-hydrogen) atoms. The van der Waals surface area contributed by atoms with Crippen LogP contribution in [0.5, 0.6) is 5.75 Å². The van der Waals surface area contributed by atoms with Crippen LogP contribution in [0.3, 0.4) is 0 Å². The third kappa shape index (κ3) is 3.31. The first-order chi connectivity index (χ1) is 12.4. The Morgan fingerprint density at radius 3 is 2.42 bits per heavy atom. The second kappa shape index (κ2) is 7.00. The number of Topliss-reactive ketones (excluding diaryl/α,β-unsaturated/α-hetero) is 1. The van der Waals surface area contributed by atoms with Crippen molar-refractivity contribution in [2.75, 3.05) is 7.11 Å². The first-order valence-corrected chi connectivity index (χ1v) is 8.19. The largest absolute Gasteiger partial charge is 0.497 e. The predicted octanol–water partition coefficient (Wildman–Crippen LogP) is 3.12. The molecule has 0 atom stereocenters. The quantitative estimate of drug-likeness (QED) is 0.401. The van der Waals surface area contributed by atoms with Gasteiger partial charge < -0.3 is 9.47 Å². The summed E-state index contributed by atoms with van der Waals surface area (Å²) >= 11 is 0. The topological polar surface area (TPSA) is 70.4 Å². The van der Waals surface area contributed by atoms with Crippen molar-refractivity contribution < 1.29 is 19.1 Å². The number of carbonyl (C=O) groups is 2. The van der Waals surface area contributed by atoms with Gasteiger partial charge in [-0.3, -0.25) is 9.48 Å². The molecular weight excluding hydrogens is 332 g/mol. The summed E-state index contributed by atoms with van der Waals surface area (Å²) in [5, 5.41) is 6.19. The van der Waals surface area contributed by atoms with Crippen LogP contribution in [0, 0.1) is 13.8 Å². The molecule has 0 bridgehead atoms. The average Bonchev–Trinajstić information content (AvgIpc) is 2.90. The molecule has 0 spiro atoms. The zero-order chi connectivity index (χ0) is 18.8. The first-order valence-electron chi connectivity index (χ1n) is 8.19. The van der Waals surface area contributed by atoms with E-state index < -0.39 is 11.8 Å². The van der Waals surface area contributed by atoms with Crippen molar-refractivity contribution in [3.8, 4) is 5.75 Å². The van der Waals surface area contributed by atoms with Gasteiger partial charge in [0.05, 0.1) is 18.4 Å². The molecular formula is C20H20N2O4. The third-order valence-electron chi connectivity index (χ3n) is 4.40. The van der Waals surface area contributed by atoms with E-state index in [1.807, 2.05) is 36.4 Å². The van der Waals surface area contributed by atoms with Crippen molar-refractivity contribution >= 4 is 22.5 Å². The molecule has 1 heterocycles. The fourth-order valence-corrected chi connectivity index (χ4v) is 2.91. The van der Waals surface area contributed by atoms with Gasteiger partial charge in [0, 0.05) is 12.7 Å². The number of fused-ring (bicyclic) bond motifs is 1. The summed E-state index contributed by atoms with van der Waals surface area (Å²) in [4.78, 5) is 24.5. The standard InChI is InChI=1S/C20H20N2O4/c1-12-18(13(2)22(3)21-12)19(23)20(24)26-11-14-5-6-16-10-17(25-4)8-7-15(16)9-14/h5-10H,11H2,1-4H3. The molecule has 0 N–H and O–H groups in total. The molecule has 3 rings (SSSR count). The summed E-state index contributed by atoms with van der Waals surface area (Å²) in [5.74, 6) is -0.762. The van der Waals surface area contributed by atoms with Gasteiger partial charge in [0.2, 0.25) is 0 Å². The minimum absolute atomic E-state index is 0.0326. The summed E-state index contributed by atoms with van der Waals surface area (Å²) in [6, 6.07) is 11.5. The molecule has 0 amide bonds. The molecule has 6 heteroatoms. The summed E-state index contributed by atoms with van der Waals surface area (Å²) in [6.45, 7) is 3.48. The van der Waals surface area contributed by atoms with E-state index in [4.69, 9.17) is 9.47 Å². The van der Waals surface area contributed by atoms with Crippen LogP contribution < -0.4 is 4.74 Å². The van der Waals surface area contributed by atoms with Crippen LogP contribution in [0.1, 0.15) is 27.3 Å². The Hall–Kier alpha value is -3.15. The predicted molar refractivity (Wildman–Crippen MR) is 97.3 cm³/mol. The van der Waals surface area contributed by atoms with Crippen molar-refractivity contribution in [1.29, 1.82) is 0 Å². The number of benzene rings is 2. The van der Waals surface area contributed by atoms with E-state index in [0.29, 0.717) is 17.0 Å². The number of ketones is 1. The Balaban J connectivity index is 1.73. The van der Waals surface area contributed by atoms with Crippen LogP contribution in [-0.4, -0.2) is 28.6 Å². The van der Waals surface area contributed by atoms with Gasteiger partial charge in [0.25, 0.3) is 5.78 Å². The van der Waals surface area contributed by atoms with Crippen molar-refractivity contribution in [3.63, 3.8) is 0 Å². The van der Waals surface area contributed by atoms with E-state index in [9.17, 15) is 9.59 Å². The fourth-order valence-electron chi connectivity index (χ4n) is 2.91.